The highest BCUT2D eigenvalue weighted by Gasteiger charge is 2.34. The Hall–Kier alpha value is -1.23. The summed E-state index contributed by atoms with van der Waals surface area (Å²) in [5, 5.41) is 9.17. The maximum absolute atomic E-state index is 12.6. The molecule has 0 saturated heterocycles. The van der Waals surface area contributed by atoms with E-state index in [2.05, 4.69) is 0 Å². The second-order valence-corrected chi connectivity index (χ2v) is 3.56. The summed E-state index contributed by atoms with van der Waals surface area (Å²) in [4.78, 5) is 0. The second kappa shape index (κ2) is 4.74. The van der Waals surface area contributed by atoms with Crippen LogP contribution < -0.4 is 4.74 Å². The van der Waals surface area contributed by atoms with E-state index < -0.39 is 23.9 Å². The van der Waals surface area contributed by atoms with Crippen molar-refractivity contribution in [3.8, 4) is 5.75 Å². The first-order chi connectivity index (χ1) is 7.32. The number of para-hydroxylation sites is 1. The SMILES string of the molecule is CC(Oc1ccccc1C(F)(F)F)[C@@H](C)O. The zero-order valence-electron chi connectivity index (χ0n) is 8.95. The van der Waals surface area contributed by atoms with Gasteiger partial charge in [0, 0.05) is 0 Å². The van der Waals surface area contributed by atoms with Gasteiger partial charge in [0.25, 0.3) is 0 Å². The summed E-state index contributed by atoms with van der Waals surface area (Å²) >= 11 is 0. The predicted octanol–water partition coefficient (Wildman–Crippen LogP) is 2.85. The normalized spacial score (nSPS) is 15.6. The number of aliphatic hydroxyl groups is 1. The number of benzene rings is 1. The van der Waals surface area contributed by atoms with Crippen LogP contribution in [0.2, 0.25) is 0 Å². The quantitative estimate of drug-likeness (QED) is 0.871. The standard InChI is InChI=1S/C11H13F3O2/c1-7(15)8(2)16-10-6-4-3-5-9(10)11(12,13)14/h3-8,15H,1-2H3/t7-,8?/m1/s1. The van der Waals surface area contributed by atoms with Gasteiger partial charge in [-0.05, 0) is 26.0 Å². The van der Waals surface area contributed by atoms with Crippen LogP contribution in [-0.4, -0.2) is 17.3 Å². The average molecular weight is 234 g/mol. The van der Waals surface area contributed by atoms with Crippen LogP contribution in [0.15, 0.2) is 24.3 Å². The van der Waals surface area contributed by atoms with Crippen molar-refractivity contribution in [2.24, 2.45) is 0 Å². The largest absolute Gasteiger partial charge is 0.487 e. The molecular formula is C11H13F3O2. The minimum absolute atomic E-state index is 0.261. The first-order valence-electron chi connectivity index (χ1n) is 4.83. The van der Waals surface area contributed by atoms with E-state index in [1.54, 1.807) is 0 Å². The minimum Gasteiger partial charge on any atom is -0.487 e. The Morgan fingerprint density at radius 1 is 1.19 bits per heavy atom. The van der Waals surface area contributed by atoms with Gasteiger partial charge in [-0.15, -0.1) is 0 Å². The molecule has 0 fully saturated rings. The summed E-state index contributed by atoms with van der Waals surface area (Å²) in [6.07, 6.45) is -5.97. The third kappa shape index (κ3) is 3.13. The lowest BCUT2D eigenvalue weighted by molar-refractivity contribution is -0.139. The first-order valence-corrected chi connectivity index (χ1v) is 4.83. The third-order valence-electron chi connectivity index (χ3n) is 2.18. The third-order valence-corrected chi connectivity index (χ3v) is 2.18. The molecule has 2 nitrogen and oxygen atoms in total. The number of hydrogen-bond acceptors (Lipinski definition) is 2. The molecule has 0 heterocycles. The highest BCUT2D eigenvalue weighted by Crippen LogP contribution is 2.36. The highest BCUT2D eigenvalue weighted by molar-refractivity contribution is 5.35. The Morgan fingerprint density at radius 3 is 2.25 bits per heavy atom. The van der Waals surface area contributed by atoms with Crippen LogP contribution in [0, 0.1) is 0 Å². The van der Waals surface area contributed by atoms with Crippen molar-refractivity contribution in [1.82, 2.24) is 0 Å². The summed E-state index contributed by atoms with van der Waals surface area (Å²) in [5.74, 6) is -0.261. The topological polar surface area (TPSA) is 29.5 Å². The molecule has 90 valence electrons. The van der Waals surface area contributed by atoms with E-state index in [1.165, 1.54) is 32.0 Å². The van der Waals surface area contributed by atoms with Crippen LogP contribution in [0.4, 0.5) is 13.2 Å². The number of rotatable bonds is 3. The lowest BCUT2D eigenvalue weighted by Gasteiger charge is -2.20. The van der Waals surface area contributed by atoms with Crippen molar-refractivity contribution < 1.29 is 23.0 Å². The van der Waals surface area contributed by atoms with Crippen LogP contribution in [0.25, 0.3) is 0 Å². The van der Waals surface area contributed by atoms with Gasteiger partial charge in [0.15, 0.2) is 0 Å². The number of aliphatic hydroxyl groups excluding tert-OH is 1. The van der Waals surface area contributed by atoms with Crippen LogP contribution in [-0.2, 0) is 6.18 Å². The highest BCUT2D eigenvalue weighted by atomic mass is 19.4. The second-order valence-electron chi connectivity index (χ2n) is 3.56. The molecule has 0 saturated carbocycles. The van der Waals surface area contributed by atoms with Gasteiger partial charge in [0.05, 0.1) is 11.7 Å². The molecule has 0 aliphatic heterocycles. The summed E-state index contributed by atoms with van der Waals surface area (Å²) in [7, 11) is 0. The lowest BCUT2D eigenvalue weighted by atomic mass is 10.2. The molecule has 1 unspecified atom stereocenters. The van der Waals surface area contributed by atoms with Gasteiger partial charge in [-0.2, -0.15) is 13.2 Å². The van der Waals surface area contributed by atoms with Crippen LogP contribution in [0.5, 0.6) is 5.75 Å². The number of alkyl halides is 3. The molecule has 0 spiro atoms. The monoisotopic (exact) mass is 234 g/mol. The molecule has 1 aromatic rings. The fourth-order valence-corrected chi connectivity index (χ4v) is 1.10. The molecule has 0 aliphatic rings. The predicted molar refractivity (Wildman–Crippen MR) is 53.2 cm³/mol. The summed E-state index contributed by atoms with van der Waals surface area (Å²) in [6, 6.07) is 4.94. The number of hydrogen-bond donors (Lipinski definition) is 1. The Kier molecular flexibility index (Phi) is 3.80. The van der Waals surface area contributed by atoms with Gasteiger partial charge in [0.1, 0.15) is 11.9 Å². The zero-order chi connectivity index (χ0) is 12.3. The maximum atomic E-state index is 12.6. The average Bonchev–Trinajstić information content (AvgIpc) is 2.16. The Bertz CT molecular complexity index is 347. The van der Waals surface area contributed by atoms with E-state index in [-0.39, 0.29) is 5.75 Å². The Morgan fingerprint density at radius 2 is 1.75 bits per heavy atom. The molecule has 1 aromatic carbocycles. The molecule has 0 aliphatic carbocycles. The van der Waals surface area contributed by atoms with Gasteiger partial charge in [-0.25, -0.2) is 0 Å². The fraction of sp³-hybridized carbons (Fsp3) is 0.455. The van der Waals surface area contributed by atoms with E-state index in [0.717, 1.165) is 6.07 Å². The van der Waals surface area contributed by atoms with Crippen LogP contribution >= 0.6 is 0 Å². The lowest BCUT2D eigenvalue weighted by Crippen LogP contribution is -2.26. The van der Waals surface area contributed by atoms with Gasteiger partial charge < -0.3 is 9.84 Å². The van der Waals surface area contributed by atoms with Crippen molar-refractivity contribution >= 4 is 0 Å². The summed E-state index contributed by atoms with van der Waals surface area (Å²) in [6.45, 7) is 2.97. The van der Waals surface area contributed by atoms with Gasteiger partial charge in [-0.3, -0.25) is 0 Å². The fourth-order valence-electron chi connectivity index (χ4n) is 1.10. The number of halogens is 3. The van der Waals surface area contributed by atoms with Crippen LogP contribution in [0.1, 0.15) is 19.4 Å². The van der Waals surface area contributed by atoms with Crippen molar-refractivity contribution in [2.75, 3.05) is 0 Å². The Labute approximate surface area is 91.7 Å². The van der Waals surface area contributed by atoms with E-state index in [0.29, 0.717) is 0 Å². The smallest absolute Gasteiger partial charge is 0.419 e. The van der Waals surface area contributed by atoms with Gasteiger partial charge >= 0.3 is 6.18 Å². The van der Waals surface area contributed by atoms with Gasteiger partial charge in [-0.1, -0.05) is 12.1 Å². The maximum Gasteiger partial charge on any atom is 0.419 e. The molecule has 0 amide bonds. The first kappa shape index (κ1) is 12.8. The Balaban J connectivity index is 2.96. The molecular weight excluding hydrogens is 221 g/mol. The van der Waals surface area contributed by atoms with Crippen molar-refractivity contribution in [3.05, 3.63) is 29.8 Å². The van der Waals surface area contributed by atoms with Gasteiger partial charge in [0.2, 0.25) is 0 Å². The van der Waals surface area contributed by atoms with Crippen molar-refractivity contribution in [3.63, 3.8) is 0 Å². The molecule has 1 N–H and O–H groups in total. The molecule has 2 atom stereocenters. The van der Waals surface area contributed by atoms with E-state index in [9.17, 15) is 13.2 Å². The zero-order valence-corrected chi connectivity index (χ0v) is 8.95. The summed E-state index contributed by atoms with van der Waals surface area (Å²) in [5.41, 5.74) is -0.831. The van der Waals surface area contributed by atoms with Crippen molar-refractivity contribution in [2.45, 2.75) is 32.2 Å². The van der Waals surface area contributed by atoms with E-state index in [4.69, 9.17) is 9.84 Å². The van der Waals surface area contributed by atoms with Crippen LogP contribution in [0.3, 0.4) is 0 Å². The minimum atomic E-state index is -4.45. The molecule has 1 rings (SSSR count). The molecule has 16 heavy (non-hydrogen) atoms. The summed E-state index contributed by atoms with van der Waals surface area (Å²) < 4.78 is 42.7. The number of ether oxygens (including phenoxy) is 1. The molecule has 0 aromatic heterocycles. The van der Waals surface area contributed by atoms with E-state index in [1.807, 2.05) is 0 Å². The van der Waals surface area contributed by atoms with Crippen molar-refractivity contribution in [1.29, 1.82) is 0 Å². The molecule has 0 bridgehead atoms. The molecule has 0 radical (unpaired) electrons. The molecule has 5 heteroatoms. The van der Waals surface area contributed by atoms with E-state index >= 15 is 0 Å².